The summed E-state index contributed by atoms with van der Waals surface area (Å²) < 4.78 is 11.4. The van der Waals surface area contributed by atoms with Gasteiger partial charge in [0, 0.05) is 19.4 Å². The Hall–Kier alpha value is -0.970. The van der Waals surface area contributed by atoms with E-state index in [-0.39, 0.29) is 0 Å². The Balaban J connectivity index is 2.99. The molecule has 0 radical (unpaired) electrons. The van der Waals surface area contributed by atoms with E-state index in [1.165, 1.54) is 0 Å². The van der Waals surface area contributed by atoms with Crippen LogP contribution in [0.2, 0.25) is 0 Å². The molecule has 1 aromatic heterocycles. The van der Waals surface area contributed by atoms with E-state index < -0.39 is 5.91 Å². The number of aromatic nitrogens is 1. The van der Waals surface area contributed by atoms with Crippen LogP contribution in [0.1, 0.15) is 26.5 Å². The lowest BCUT2D eigenvalue weighted by atomic mass is 10.2. The topological polar surface area (TPSA) is 43.4 Å². The SMILES string of the molecule is CCNC(OCC)(OCC)c1ccccn1. The summed E-state index contributed by atoms with van der Waals surface area (Å²) in [4.78, 5) is 4.29. The molecule has 0 spiro atoms. The molecule has 0 bridgehead atoms. The van der Waals surface area contributed by atoms with E-state index >= 15 is 0 Å². The molecule has 0 amide bonds. The Morgan fingerprint density at radius 1 is 1.19 bits per heavy atom. The van der Waals surface area contributed by atoms with Crippen molar-refractivity contribution in [1.82, 2.24) is 10.3 Å². The minimum Gasteiger partial charge on any atom is -0.333 e. The fourth-order valence-electron chi connectivity index (χ4n) is 1.58. The second kappa shape index (κ2) is 6.58. The summed E-state index contributed by atoms with van der Waals surface area (Å²) in [5.74, 6) is -0.917. The van der Waals surface area contributed by atoms with Crippen LogP contribution >= 0.6 is 0 Å². The average molecular weight is 224 g/mol. The van der Waals surface area contributed by atoms with Gasteiger partial charge in [-0.05, 0) is 32.5 Å². The molecule has 4 nitrogen and oxygen atoms in total. The van der Waals surface area contributed by atoms with E-state index in [4.69, 9.17) is 9.47 Å². The Bertz CT molecular complexity index is 273. The summed E-state index contributed by atoms with van der Waals surface area (Å²) in [5, 5.41) is 3.21. The molecule has 90 valence electrons. The van der Waals surface area contributed by atoms with Gasteiger partial charge in [-0.15, -0.1) is 0 Å². The number of hydrogen-bond acceptors (Lipinski definition) is 4. The highest BCUT2D eigenvalue weighted by atomic mass is 16.7. The lowest BCUT2D eigenvalue weighted by Crippen LogP contribution is -2.48. The Labute approximate surface area is 97.0 Å². The molecule has 0 saturated heterocycles. The quantitative estimate of drug-likeness (QED) is 0.718. The van der Waals surface area contributed by atoms with Gasteiger partial charge in [-0.2, -0.15) is 0 Å². The zero-order chi connectivity index (χ0) is 11.9. The largest absolute Gasteiger partial charge is 0.333 e. The predicted molar refractivity (Wildman–Crippen MR) is 62.8 cm³/mol. The number of nitrogens with one attached hydrogen (secondary N) is 1. The van der Waals surface area contributed by atoms with Gasteiger partial charge >= 0.3 is 0 Å². The highest BCUT2D eigenvalue weighted by Crippen LogP contribution is 2.22. The number of hydrogen-bond donors (Lipinski definition) is 1. The van der Waals surface area contributed by atoms with E-state index in [2.05, 4.69) is 10.3 Å². The molecule has 0 aliphatic rings. The van der Waals surface area contributed by atoms with E-state index in [0.717, 1.165) is 12.2 Å². The smallest absolute Gasteiger partial charge is 0.273 e. The van der Waals surface area contributed by atoms with Crippen molar-refractivity contribution >= 4 is 0 Å². The minimum atomic E-state index is -0.917. The minimum absolute atomic E-state index is 0.559. The molecule has 0 aliphatic carbocycles. The van der Waals surface area contributed by atoms with E-state index in [1.807, 2.05) is 39.0 Å². The van der Waals surface area contributed by atoms with Gasteiger partial charge < -0.3 is 9.47 Å². The van der Waals surface area contributed by atoms with Crippen LogP contribution in [0.5, 0.6) is 0 Å². The lowest BCUT2D eigenvalue weighted by molar-refractivity contribution is -0.264. The highest BCUT2D eigenvalue weighted by molar-refractivity contribution is 5.09. The van der Waals surface area contributed by atoms with Crippen LogP contribution in [-0.4, -0.2) is 24.7 Å². The number of nitrogens with zero attached hydrogens (tertiary/aromatic N) is 1. The second-order valence-corrected chi connectivity index (χ2v) is 3.23. The first-order chi connectivity index (χ1) is 7.79. The zero-order valence-corrected chi connectivity index (χ0v) is 10.2. The molecule has 0 atom stereocenters. The van der Waals surface area contributed by atoms with E-state index in [1.54, 1.807) is 6.20 Å². The van der Waals surface area contributed by atoms with Crippen LogP contribution in [0.25, 0.3) is 0 Å². The lowest BCUT2D eigenvalue weighted by Gasteiger charge is -2.32. The Morgan fingerprint density at radius 2 is 1.88 bits per heavy atom. The van der Waals surface area contributed by atoms with Crippen molar-refractivity contribution in [1.29, 1.82) is 0 Å². The molecular weight excluding hydrogens is 204 g/mol. The summed E-state index contributed by atoms with van der Waals surface area (Å²) >= 11 is 0. The van der Waals surface area contributed by atoms with Crippen molar-refractivity contribution in [2.75, 3.05) is 19.8 Å². The first-order valence-electron chi connectivity index (χ1n) is 5.73. The molecule has 0 aliphatic heterocycles. The van der Waals surface area contributed by atoms with Crippen LogP contribution in [0, 0.1) is 0 Å². The van der Waals surface area contributed by atoms with Crippen molar-refractivity contribution in [2.45, 2.75) is 26.7 Å². The molecular formula is C12H20N2O2. The molecule has 1 aromatic rings. The van der Waals surface area contributed by atoms with Gasteiger partial charge in [0.15, 0.2) is 0 Å². The third kappa shape index (κ3) is 3.01. The number of pyridine rings is 1. The summed E-state index contributed by atoms with van der Waals surface area (Å²) in [6, 6.07) is 5.69. The molecule has 1 N–H and O–H groups in total. The van der Waals surface area contributed by atoms with Crippen molar-refractivity contribution in [3.8, 4) is 0 Å². The molecule has 0 unspecified atom stereocenters. The third-order valence-electron chi connectivity index (χ3n) is 2.11. The molecule has 1 heterocycles. The molecule has 0 fully saturated rings. The normalized spacial score (nSPS) is 11.7. The Kier molecular flexibility index (Phi) is 5.38. The van der Waals surface area contributed by atoms with Crippen LogP contribution in [-0.2, 0) is 15.4 Å². The van der Waals surface area contributed by atoms with Crippen molar-refractivity contribution in [3.05, 3.63) is 30.1 Å². The number of ether oxygens (including phenoxy) is 2. The standard InChI is InChI=1S/C12H20N2O2/c1-4-14-12(15-5-2,16-6-3)11-9-7-8-10-13-11/h7-10,14H,4-6H2,1-3H3. The summed E-state index contributed by atoms with van der Waals surface area (Å²) in [5.41, 5.74) is 0.751. The van der Waals surface area contributed by atoms with Gasteiger partial charge in [0.2, 0.25) is 0 Å². The van der Waals surface area contributed by atoms with Gasteiger partial charge in [0.1, 0.15) is 5.69 Å². The van der Waals surface area contributed by atoms with Gasteiger partial charge in [-0.3, -0.25) is 10.3 Å². The molecule has 1 rings (SSSR count). The fourth-order valence-corrected chi connectivity index (χ4v) is 1.58. The van der Waals surface area contributed by atoms with Gasteiger partial charge in [-0.1, -0.05) is 13.0 Å². The summed E-state index contributed by atoms with van der Waals surface area (Å²) in [6.45, 7) is 7.75. The van der Waals surface area contributed by atoms with E-state index in [0.29, 0.717) is 13.2 Å². The first kappa shape index (κ1) is 13.1. The highest BCUT2D eigenvalue weighted by Gasteiger charge is 2.34. The van der Waals surface area contributed by atoms with Crippen molar-refractivity contribution < 1.29 is 9.47 Å². The van der Waals surface area contributed by atoms with Gasteiger partial charge in [0.05, 0.1) is 0 Å². The maximum atomic E-state index is 5.70. The van der Waals surface area contributed by atoms with Crippen LogP contribution in [0.15, 0.2) is 24.4 Å². The monoisotopic (exact) mass is 224 g/mol. The van der Waals surface area contributed by atoms with Crippen LogP contribution in [0.3, 0.4) is 0 Å². The fraction of sp³-hybridized carbons (Fsp3) is 0.583. The van der Waals surface area contributed by atoms with E-state index in [9.17, 15) is 0 Å². The summed E-state index contributed by atoms with van der Waals surface area (Å²) in [6.07, 6.45) is 1.74. The van der Waals surface area contributed by atoms with Crippen molar-refractivity contribution in [2.24, 2.45) is 0 Å². The molecule has 16 heavy (non-hydrogen) atoms. The van der Waals surface area contributed by atoms with Gasteiger partial charge in [0.25, 0.3) is 5.91 Å². The van der Waals surface area contributed by atoms with Crippen LogP contribution < -0.4 is 5.32 Å². The van der Waals surface area contributed by atoms with Crippen molar-refractivity contribution in [3.63, 3.8) is 0 Å². The maximum absolute atomic E-state index is 5.70. The molecule has 4 heteroatoms. The third-order valence-corrected chi connectivity index (χ3v) is 2.11. The second-order valence-electron chi connectivity index (χ2n) is 3.23. The molecule has 0 aromatic carbocycles. The number of rotatable bonds is 7. The summed E-state index contributed by atoms with van der Waals surface area (Å²) in [7, 11) is 0. The maximum Gasteiger partial charge on any atom is 0.273 e. The van der Waals surface area contributed by atoms with Crippen LogP contribution in [0.4, 0.5) is 0 Å². The molecule has 0 saturated carbocycles. The average Bonchev–Trinajstić information content (AvgIpc) is 2.31. The Morgan fingerprint density at radius 3 is 2.31 bits per heavy atom. The van der Waals surface area contributed by atoms with Gasteiger partial charge in [-0.25, -0.2) is 0 Å². The first-order valence-corrected chi connectivity index (χ1v) is 5.73. The predicted octanol–water partition coefficient (Wildman–Crippen LogP) is 1.87. The zero-order valence-electron chi connectivity index (χ0n) is 10.2.